The van der Waals surface area contributed by atoms with E-state index in [9.17, 15) is 4.79 Å². The summed E-state index contributed by atoms with van der Waals surface area (Å²) < 4.78 is 0. The average molecular weight is 243 g/mol. The SMILES string of the molecule is CCN(C)CCNc1nc(C)c(C(=O)O)s1. The highest BCUT2D eigenvalue weighted by Crippen LogP contribution is 2.21. The summed E-state index contributed by atoms with van der Waals surface area (Å²) in [4.78, 5) is 17.4. The summed E-state index contributed by atoms with van der Waals surface area (Å²) in [5.74, 6) is -0.909. The van der Waals surface area contributed by atoms with Crippen LogP contribution in [-0.2, 0) is 0 Å². The van der Waals surface area contributed by atoms with Gasteiger partial charge in [-0.1, -0.05) is 18.3 Å². The third kappa shape index (κ3) is 3.46. The first-order chi connectivity index (χ1) is 7.54. The van der Waals surface area contributed by atoms with Crippen molar-refractivity contribution < 1.29 is 9.90 Å². The number of aromatic nitrogens is 1. The minimum atomic E-state index is -0.909. The molecule has 0 radical (unpaired) electrons. The summed E-state index contributed by atoms with van der Waals surface area (Å²) in [5, 5.41) is 12.7. The molecule has 0 aliphatic carbocycles. The fourth-order valence-electron chi connectivity index (χ4n) is 1.18. The van der Waals surface area contributed by atoms with Gasteiger partial charge < -0.3 is 15.3 Å². The molecule has 0 bridgehead atoms. The highest BCUT2D eigenvalue weighted by Gasteiger charge is 2.13. The van der Waals surface area contributed by atoms with E-state index in [1.807, 2.05) is 7.05 Å². The number of carbonyl (C=O) groups is 1. The van der Waals surface area contributed by atoms with E-state index in [1.165, 1.54) is 11.3 Å². The fourth-order valence-corrected chi connectivity index (χ4v) is 2.01. The molecule has 0 fully saturated rings. The number of rotatable bonds is 6. The summed E-state index contributed by atoms with van der Waals surface area (Å²) in [6.45, 7) is 6.49. The van der Waals surface area contributed by atoms with Crippen molar-refractivity contribution in [2.24, 2.45) is 0 Å². The van der Waals surface area contributed by atoms with Gasteiger partial charge in [0, 0.05) is 13.1 Å². The molecule has 0 atom stereocenters. The predicted molar refractivity (Wildman–Crippen MR) is 65.5 cm³/mol. The molecular weight excluding hydrogens is 226 g/mol. The fraction of sp³-hybridized carbons (Fsp3) is 0.600. The van der Waals surface area contributed by atoms with Crippen LogP contribution in [0.5, 0.6) is 0 Å². The molecule has 0 saturated carbocycles. The van der Waals surface area contributed by atoms with E-state index in [1.54, 1.807) is 6.92 Å². The van der Waals surface area contributed by atoms with Crippen LogP contribution in [0.3, 0.4) is 0 Å². The third-order valence-corrected chi connectivity index (χ3v) is 3.40. The van der Waals surface area contributed by atoms with Crippen LogP contribution in [0.15, 0.2) is 0 Å². The summed E-state index contributed by atoms with van der Waals surface area (Å²) >= 11 is 1.19. The lowest BCUT2D eigenvalue weighted by molar-refractivity contribution is 0.0701. The lowest BCUT2D eigenvalue weighted by Crippen LogP contribution is -2.24. The van der Waals surface area contributed by atoms with Gasteiger partial charge in [0.15, 0.2) is 5.13 Å². The van der Waals surface area contributed by atoms with Gasteiger partial charge in [-0.15, -0.1) is 0 Å². The molecular formula is C10H17N3O2S. The molecule has 1 aromatic rings. The molecule has 0 aromatic carbocycles. The van der Waals surface area contributed by atoms with Gasteiger partial charge in [-0.05, 0) is 20.5 Å². The predicted octanol–water partition coefficient (Wildman–Crippen LogP) is 1.51. The maximum absolute atomic E-state index is 10.8. The maximum Gasteiger partial charge on any atom is 0.347 e. The van der Waals surface area contributed by atoms with Crippen LogP contribution in [0.2, 0.25) is 0 Å². The van der Waals surface area contributed by atoms with Crippen LogP contribution in [-0.4, -0.2) is 47.6 Å². The number of likely N-dealkylation sites (N-methyl/N-ethyl adjacent to an activating group) is 1. The Labute approximate surface area is 99.1 Å². The zero-order chi connectivity index (χ0) is 12.1. The highest BCUT2D eigenvalue weighted by molar-refractivity contribution is 7.17. The number of thiazole rings is 1. The van der Waals surface area contributed by atoms with Crippen LogP contribution in [0.25, 0.3) is 0 Å². The van der Waals surface area contributed by atoms with Crippen molar-refractivity contribution in [1.29, 1.82) is 0 Å². The smallest absolute Gasteiger partial charge is 0.347 e. The molecule has 1 heterocycles. The Bertz CT molecular complexity index is 365. The van der Waals surface area contributed by atoms with Crippen LogP contribution >= 0.6 is 11.3 Å². The van der Waals surface area contributed by atoms with E-state index >= 15 is 0 Å². The van der Waals surface area contributed by atoms with Crippen molar-refractivity contribution in [3.8, 4) is 0 Å². The zero-order valence-corrected chi connectivity index (χ0v) is 10.6. The van der Waals surface area contributed by atoms with Crippen LogP contribution in [0.4, 0.5) is 5.13 Å². The molecule has 1 aromatic heterocycles. The molecule has 0 aliphatic heterocycles. The van der Waals surface area contributed by atoms with Crippen molar-refractivity contribution >= 4 is 22.4 Å². The minimum absolute atomic E-state index is 0.311. The van der Waals surface area contributed by atoms with Gasteiger partial charge in [-0.3, -0.25) is 0 Å². The first-order valence-electron chi connectivity index (χ1n) is 5.17. The van der Waals surface area contributed by atoms with Gasteiger partial charge in [0.1, 0.15) is 4.88 Å². The topological polar surface area (TPSA) is 65.5 Å². The largest absolute Gasteiger partial charge is 0.477 e. The average Bonchev–Trinajstić information content (AvgIpc) is 2.59. The second-order valence-electron chi connectivity index (χ2n) is 3.56. The van der Waals surface area contributed by atoms with Gasteiger partial charge in [0.05, 0.1) is 5.69 Å². The van der Waals surface area contributed by atoms with Crippen molar-refractivity contribution in [1.82, 2.24) is 9.88 Å². The molecule has 16 heavy (non-hydrogen) atoms. The quantitative estimate of drug-likeness (QED) is 0.793. The Morgan fingerprint density at radius 2 is 2.31 bits per heavy atom. The van der Waals surface area contributed by atoms with Crippen LogP contribution < -0.4 is 5.32 Å². The molecule has 0 unspecified atom stereocenters. The Morgan fingerprint density at radius 1 is 1.62 bits per heavy atom. The normalized spacial score (nSPS) is 10.8. The lowest BCUT2D eigenvalue weighted by Gasteiger charge is -2.13. The second kappa shape index (κ2) is 5.81. The van der Waals surface area contributed by atoms with E-state index < -0.39 is 5.97 Å². The Morgan fingerprint density at radius 3 is 2.81 bits per heavy atom. The molecule has 1 rings (SSSR count). The van der Waals surface area contributed by atoms with Gasteiger partial charge in [-0.2, -0.15) is 0 Å². The van der Waals surface area contributed by atoms with Gasteiger partial charge in [0.25, 0.3) is 0 Å². The van der Waals surface area contributed by atoms with Gasteiger partial charge in [-0.25, -0.2) is 9.78 Å². The van der Waals surface area contributed by atoms with E-state index in [2.05, 4.69) is 22.1 Å². The number of carboxylic acids is 1. The summed E-state index contributed by atoms with van der Waals surface area (Å²) in [5.41, 5.74) is 0.573. The maximum atomic E-state index is 10.8. The standard InChI is InChI=1S/C10H17N3O2S/c1-4-13(3)6-5-11-10-12-7(2)8(16-10)9(14)15/h4-6H2,1-3H3,(H,11,12)(H,14,15). The van der Waals surface area contributed by atoms with E-state index in [0.717, 1.165) is 19.6 Å². The Balaban J connectivity index is 2.49. The van der Waals surface area contributed by atoms with Gasteiger partial charge >= 0.3 is 5.97 Å². The summed E-state index contributed by atoms with van der Waals surface area (Å²) in [7, 11) is 2.04. The highest BCUT2D eigenvalue weighted by atomic mass is 32.1. The molecule has 0 spiro atoms. The first kappa shape index (κ1) is 12.9. The number of hydrogen-bond acceptors (Lipinski definition) is 5. The number of aryl methyl sites for hydroxylation is 1. The molecule has 5 nitrogen and oxygen atoms in total. The zero-order valence-electron chi connectivity index (χ0n) is 9.78. The number of hydrogen-bond donors (Lipinski definition) is 2. The van der Waals surface area contributed by atoms with Crippen molar-refractivity contribution in [2.45, 2.75) is 13.8 Å². The van der Waals surface area contributed by atoms with Crippen molar-refractivity contribution in [3.05, 3.63) is 10.6 Å². The summed E-state index contributed by atoms with van der Waals surface area (Å²) in [6, 6.07) is 0. The Hall–Kier alpha value is -1.14. The number of aromatic carboxylic acids is 1. The van der Waals surface area contributed by atoms with E-state index in [0.29, 0.717) is 15.7 Å². The minimum Gasteiger partial charge on any atom is -0.477 e. The number of anilines is 1. The lowest BCUT2D eigenvalue weighted by atomic mass is 10.4. The van der Waals surface area contributed by atoms with E-state index in [4.69, 9.17) is 5.11 Å². The number of nitrogens with one attached hydrogen (secondary N) is 1. The second-order valence-corrected chi connectivity index (χ2v) is 4.56. The van der Waals surface area contributed by atoms with E-state index in [-0.39, 0.29) is 0 Å². The number of nitrogens with zero attached hydrogens (tertiary/aromatic N) is 2. The molecule has 0 saturated heterocycles. The molecule has 90 valence electrons. The van der Waals surface area contributed by atoms with Crippen LogP contribution in [0, 0.1) is 6.92 Å². The molecule has 2 N–H and O–H groups in total. The van der Waals surface area contributed by atoms with Crippen LogP contribution in [0.1, 0.15) is 22.3 Å². The van der Waals surface area contributed by atoms with Crippen molar-refractivity contribution in [3.63, 3.8) is 0 Å². The van der Waals surface area contributed by atoms with Gasteiger partial charge in [0.2, 0.25) is 0 Å². The third-order valence-electron chi connectivity index (χ3n) is 2.30. The number of carboxylic acid groups (broad SMARTS) is 1. The first-order valence-corrected chi connectivity index (χ1v) is 5.99. The Kier molecular flexibility index (Phi) is 4.70. The summed E-state index contributed by atoms with van der Waals surface area (Å²) in [6.07, 6.45) is 0. The molecule has 0 amide bonds. The molecule has 6 heteroatoms. The monoisotopic (exact) mass is 243 g/mol. The van der Waals surface area contributed by atoms with Crippen molar-refractivity contribution in [2.75, 3.05) is 32.0 Å². The molecule has 0 aliphatic rings.